The standard InChI is InChI=1S/C15H30O/c1-13(2)12-16-14(3)8-7-11-15-9-5-4-6-10-15/h13-15H,4-12H2,1-3H3. The molecular weight excluding hydrogens is 196 g/mol. The van der Waals surface area contributed by atoms with Crippen LogP contribution in [0.1, 0.15) is 72.1 Å². The van der Waals surface area contributed by atoms with Gasteiger partial charge in [0.05, 0.1) is 6.10 Å². The van der Waals surface area contributed by atoms with E-state index in [-0.39, 0.29) is 0 Å². The minimum atomic E-state index is 0.464. The summed E-state index contributed by atoms with van der Waals surface area (Å²) in [6.07, 6.45) is 11.9. The molecular formula is C15H30O. The molecule has 0 bridgehead atoms. The fourth-order valence-corrected chi connectivity index (χ4v) is 2.61. The van der Waals surface area contributed by atoms with E-state index in [4.69, 9.17) is 4.74 Å². The summed E-state index contributed by atoms with van der Waals surface area (Å²) in [5, 5.41) is 0. The molecule has 0 heterocycles. The average Bonchev–Trinajstić information content (AvgIpc) is 2.28. The molecule has 0 aromatic carbocycles. The summed E-state index contributed by atoms with van der Waals surface area (Å²) < 4.78 is 5.79. The highest BCUT2D eigenvalue weighted by molar-refractivity contribution is 4.66. The first-order valence-corrected chi connectivity index (χ1v) is 7.30. The first-order valence-electron chi connectivity index (χ1n) is 7.30. The lowest BCUT2D eigenvalue weighted by Crippen LogP contribution is -2.13. The Morgan fingerprint density at radius 2 is 1.75 bits per heavy atom. The van der Waals surface area contributed by atoms with Crippen molar-refractivity contribution in [3.8, 4) is 0 Å². The lowest BCUT2D eigenvalue weighted by atomic mass is 9.85. The molecule has 1 unspecified atom stereocenters. The summed E-state index contributed by atoms with van der Waals surface area (Å²) in [7, 11) is 0. The first kappa shape index (κ1) is 14.0. The second-order valence-corrected chi connectivity index (χ2v) is 5.97. The zero-order valence-corrected chi connectivity index (χ0v) is 11.5. The Morgan fingerprint density at radius 3 is 2.38 bits per heavy atom. The Balaban J connectivity index is 1.96. The van der Waals surface area contributed by atoms with Crippen LogP contribution in [0.25, 0.3) is 0 Å². The molecule has 1 rings (SSSR count). The van der Waals surface area contributed by atoms with Gasteiger partial charge in [0.15, 0.2) is 0 Å². The molecule has 0 saturated heterocycles. The van der Waals surface area contributed by atoms with Crippen LogP contribution in [0.4, 0.5) is 0 Å². The van der Waals surface area contributed by atoms with Gasteiger partial charge in [-0.05, 0) is 25.2 Å². The summed E-state index contributed by atoms with van der Waals surface area (Å²) >= 11 is 0. The van der Waals surface area contributed by atoms with Crippen molar-refractivity contribution in [2.24, 2.45) is 11.8 Å². The number of hydrogen-bond donors (Lipinski definition) is 0. The lowest BCUT2D eigenvalue weighted by molar-refractivity contribution is 0.0400. The van der Waals surface area contributed by atoms with Crippen molar-refractivity contribution in [3.63, 3.8) is 0 Å². The second-order valence-electron chi connectivity index (χ2n) is 5.97. The molecule has 96 valence electrons. The van der Waals surface area contributed by atoms with Crippen LogP contribution in [0.15, 0.2) is 0 Å². The lowest BCUT2D eigenvalue weighted by Gasteiger charge is -2.22. The van der Waals surface area contributed by atoms with E-state index >= 15 is 0 Å². The molecule has 1 heteroatoms. The second kappa shape index (κ2) is 8.11. The molecule has 1 aliphatic rings. The number of hydrogen-bond acceptors (Lipinski definition) is 1. The van der Waals surface area contributed by atoms with Gasteiger partial charge in [-0.2, -0.15) is 0 Å². The van der Waals surface area contributed by atoms with Crippen molar-refractivity contribution in [2.75, 3.05) is 6.61 Å². The van der Waals surface area contributed by atoms with E-state index in [1.54, 1.807) is 0 Å². The van der Waals surface area contributed by atoms with E-state index in [2.05, 4.69) is 20.8 Å². The molecule has 0 spiro atoms. The molecule has 0 N–H and O–H groups in total. The van der Waals surface area contributed by atoms with E-state index in [1.165, 1.54) is 51.4 Å². The van der Waals surface area contributed by atoms with E-state index in [0.29, 0.717) is 12.0 Å². The average molecular weight is 226 g/mol. The molecule has 0 aromatic heterocycles. The van der Waals surface area contributed by atoms with Crippen molar-refractivity contribution < 1.29 is 4.74 Å². The van der Waals surface area contributed by atoms with Crippen LogP contribution >= 0.6 is 0 Å². The molecule has 0 aromatic rings. The monoisotopic (exact) mass is 226 g/mol. The van der Waals surface area contributed by atoms with Crippen molar-refractivity contribution >= 4 is 0 Å². The van der Waals surface area contributed by atoms with Crippen molar-refractivity contribution in [1.82, 2.24) is 0 Å². The van der Waals surface area contributed by atoms with Crippen molar-refractivity contribution in [3.05, 3.63) is 0 Å². The van der Waals surface area contributed by atoms with Gasteiger partial charge in [0.2, 0.25) is 0 Å². The SMILES string of the molecule is CC(C)COC(C)CCCC1CCCCC1. The van der Waals surface area contributed by atoms with Crippen molar-refractivity contribution in [1.29, 1.82) is 0 Å². The molecule has 1 atom stereocenters. The van der Waals surface area contributed by atoms with Gasteiger partial charge < -0.3 is 4.74 Å². The van der Waals surface area contributed by atoms with Crippen LogP contribution in [-0.2, 0) is 4.74 Å². The zero-order valence-electron chi connectivity index (χ0n) is 11.5. The van der Waals surface area contributed by atoms with Gasteiger partial charge in [0.1, 0.15) is 0 Å². The van der Waals surface area contributed by atoms with E-state index in [1.807, 2.05) is 0 Å². The maximum Gasteiger partial charge on any atom is 0.0547 e. The molecule has 1 aliphatic carbocycles. The zero-order chi connectivity index (χ0) is 11.8. The highest BCUT2D eigenvalue weighted by Crippen LogP contribution is 2.28. The topological polar surface area (TPSA) is 9.23 Å². The Hall–Kier alpha value is -0.0400. The summed E-state index contributed by atoms with van der Waals surface area (Å²) in [5.74, 6) is 1.70. The molecule has 0 aliphatic heterocycles. The maximum atomic E-state index is 5.79. The third kappa shape index (κ3) is 6.52. The molecule has 0 radical (unpaired) electrons. The Morgan fingerprint density at radius 1 is 1.06 bits per heavy atom. The third-order valence-electron chi connectivity index (χ3n) is 3.66. The Bertz CT molecular complexity index is 159. The Kier molecular flexibility index (Phi) is 7.11. The summed E-state index contributed by atoms with van der Waals surface area (Å²) in [4.78, 5) is 0. The number of ether oxygens (including phenoxy) is 1. The third-order valence-corrected chi connectivity index (χ3v) is 3.66. The maximum absolute atomic E-state index is 5.79. The fraction of sp³-hybridized carbons (Fsp3) is 1.00. The molecule has 1 nitrogen and oxygen atoms in total. The molecule has 1 fully saturated rings. The van der Waals surface area contributed by atoms with E-state index in [9.17, 15) is 0 Å². The van der Waals surface area contributed by atoms with E-state index < -0.39 is 0 Å². The van der Waals surface area contributed by atoms with Crippen LogP contribution < -0.4 is 0 Å². The summed E-state index contributed by atoms with van der Waals surface area (Å²) in [6, 6.07) is 0. The van der Waals surface area contributed by atoms with Crippen LogP contribution in [0, 0.1) is 11.8 Å². The normalized spacial score (nSPS) is 20.2. The largest absolute Gasteiger partial charge is 0.378 e. The highest BCUT2D eigenvalue weighted by Gasteiger charge is 2.13. The van der Waals surface area contributed by atoms with E-state index in [0.717, 1.165) is 12.5 Å². The fourth-order valence-electron chi connectivity index (χ4n) is 2.61. The van der Waals surface area contributed by atoms with Crippen LogP contribution in [0.5, 0.6) is 0 Å². The molecule has 1 saturated carbocycles. The smallest absolute Gasteiger partial charge is 0.0547 e. The molecule has 0 amide bonds. The van der Waals surface area contributed by atoms with Gasteiger partial charge in [-0.15, -0.1) is 0 Å². The predicted molar refractivity (Wildman–Crippen MR) is 70.7 cm³/mol. The van der Waals surface area contributed by atoms with Gasteiger partial charge in [0, 0.05) is 6.61 Å². The Labute approximate surface area is 102 Å². The predicted octanol–water partition coefficient (Wildman–Crippen LogP) is 4.80. The minimum absolute atomic E-state index is 0.464. The van der Waals surface area contributed by atoms with Crippen LogP contribution in [-0.4, -0.2) is 12.7 Å². The van der Waals surface area contributed by atoms with Gasteiger partial charge in [-0.25, -0.2) is 0 Å². The van der Waals surface area contributed by atoms with Gasteiger partial charge in [-0.3, -0.25) is 0 Å². The van der Waals surface area contributed by atoms with Gasteiger partial charge >= 0.3 is 0 Å². The van der Waals surface area contributed by atoms with Gasteiger partial charge in [-0.1, -0.05) is 58.8 Å². The minimum Gasteiger partial charge on any atom is -0.378 e. The van der Waals surface area contributed by atoms with Crippen LogP contribution in [0.2, 0.25) is 0 Å². The summed E-state index contributed by atoms with van der Waals surface area (Å²) in [6.45, 7) is 7.58. The van der Waals surface area contributed by atoms with Gasteiger partial charge in [0.25, 0.3) is 0 Å². The van der Waals surface area contributed by atoms with Crippen LogP contribution in [0.3, 0.4) is 0 Å². The number of rotatable bonds is 7. The summed E-state index contributed by atoms with van der Waals surface area (Å²) in [5.41, 5.74) is 0. The first-order chi connectivity index (χ1) is 7.68. The van der Waals surface area contributed by atoms with Crippen molar-refractivity contribution in [2.45, 2.75) is 78.2 Å². The highest BCUT2D eigenvalue weighted by atomic mass is 16.5. The molecule has 16 heavy (non-hydrogen) atoms. The quantitative estimate of drug-likeness (QED) is 0.606.